The minimum Gasteiger partial charge on any atom is -0.360 e. The van der Waals surface area contributed by atoms with E-state index in [1.165, 1.54) is 0 Å². The number of alkyl halides is 3. The summed E-state index contributed by atoms with van der Waals surface area (Å²) >= 11 is 5.89. The van der Waals surface area contributed by atoms with Crippen LogP contribution in [-0.4, -0.2) is 11.3 Å². The quantitative estimate of drug-likeness (QED) is 0.766. The molecule has 1 aromatic heterocycles. The first-order valence-corrected chi connectivity index (χ1v) is 7.08. The average molecular weight is 276 g/mol. The molecule has 0 aliphatic heterocycles. The van der Waals surface area contributed by atoms with Crippen LogP contribution in [0, 0.1) is 0 Å². The molecule has 0 radical (unpaired) electrons. The van der Waals surface area contributed by atoms with Gasteiger partial charge in [-0.05, 0) is 32.1 Å². The maximum atomic E-state index is 14.9. The van der Waals surface area contributed by atoms with Crippen LogP contribution in [0.25, 0.3) is 0 Å². The zero-order valence-electron chi connectivity index (χ0n) is 10.1. The van der Waals surface area contributed by atoms with Gasteiger partial charge in [-0.1, -0.05) is 11.6 Å². The van der Waals surface area contributed by atoms with Crippen molar-refractivity contribution in [3.8, 4) is 0 Å². The summed E-state index contributed by atoms with van der Waals surface area (Å²) in [4.78, 5) is 0. The highest BCUT2D eigenvalue weighted by atomic mass is 35.5. The van der Waals surface area contributed by atoms with Crippen molar-refractivity contribution in [2.45, 2.75) is 62.2 Å². The molecule has 2 atom stereocenters. The van der Waals surface area contributed by atoms with E-state index in [0.717, 1.165) is 19.3 Å². The Morgan fingerprint density at radius 1 is 1.33 bits per heavy atom. The second-order valence-electron chi connectivity index (χ2n) is 5.36. The lowest BCUT2D eigenvalue weighted by atomic mass is 9.81. The molecular weight excluding hydrogens is 260 g/mol. The predicted octanol–water partition coefficient (Wildman–Crippen LogP) is 4.37. The molecule has 2 unspecified atom stereocenters. The molecule has 1 aromatic rings. The molecule has 0 N–H and O–H groups in total. The summed E-state index contributed by atoms with van der Waals surface area (Å²) in [6.07, 6.45) is 2.40. The van der Waals surface area contributed by atoms with E-state index in [1.54, 1.807) is 0 Å². The number of halogens is 3. The van der Waals surface area contributed by atoms with E-state index in [9.17, 15) is 8.78 Å². The van der Waals surface area contributed by atoms with Gasteiger partial charge in [-0.15, -0.1) is 11.6 Å². The molecule has 5 heteroatoms. The van der Waals surface area contributed by atoms with Crippen LogP contribution in [0.2, 0.25) is 0 Å². The molecule has 0 bridgehead atoms. The van der Waals surface area contributed by atoms with Gasteiger partial charge >= 0.3 is 0 Å². The fourth-order valence-electron chi connectivity index (χ4n) is 2.80. The highest BCUT2D eigenvalue weighted by Gasteiger charge is 2.48. The molecule has 18 heavy (non-hydrogen) atoms. The van der Waals surface area contributed by atoms with Gasteiger partial charge in [0.15, 0.2) is 5.67 Å². The van der Waals surface area contributed by atoms with Gasteiger partial charge in [0, 0.05) is 11.5 Å². The molecule has 2 fully saturated rings. The van der Waals surface area contributed by atoms with Gasteiger partial charge < -0.3 is 4.52 Å². The van der Waals surface area contributed by atoms with Crippen LogP contribution in [-0.2, 0) is 11.5 Å². The van der Waals surface area contributed by atoms with Crippen LogP contribution < -0.4 is 0 Å². The molecule has 2 nitrogen and oxygen atoms in total. The summed E-state index contributed by atoms with van der Waals surface area (Å²) in [6, 6.07) is 0. The van der Waals surface area contributed by atoms with Crippen LogP contribution >= 0.6 is 11.6 Å². The summed E-state index contributed by atoms with van der Waals surface area (Å²) in [7, 11) is 0. The van der Waals surface area contributed by atoms with E-state index in [0.29, 0.717) is 23.7 Å². The Balaban J connectivity index is 1.99. The van der Waals surface area contributed by atoms with E-state index in [1.807, 2.05) is 0 Å². The van der Waals surface area contributed by atoms with Crippen molar-refractivity contribution in [2.24, 2.45) is 0 Å². The van der Waals surface area contributed by atoms with Crippen LogP contribution in [0.15, 0.2) is 4.52 Å². The first-order valence-electron chi connectivity index (χ1n) is 6.54. The molecule has 2 saturated carbocycles. The number of hydrogen-bond donors (Lipinski definition) is 0. The topological polar surface area (TPSA) is 26.0 Å². The largest absolute Gasteiger partial charge is 0.360 e. The molecule has 2 aliphatic carbocycles. The van der Waals surface area contributed by atoms with E-state index in [2.05, 4.69) is 5.16 Å². The van der Waals surface area contributed by atoms with Crippen LogP contribution in [0.3, 0.4) is 0 Å². The highest BCUT2D eigenvalue weighted by molar-refractivity contribution is 6.17. The van der Waals surface area contributed by atoms with E-state index >= 15 is 0 Å². The second-order valence-corrected chi connectivity index (χ2v) is 5.62. The maximum absolute atomic E-state index is 14.9. The molecule has 2 aliphatic rings. The van der Waals surface area contributed by atoms with Gasteiger partial charge in [-0.3, -0.25) is 0 Å². The van der Waals surface area contributed by atoms with E-state index < -0.39 is 11.8 Å². The van der Waals surface area contributed by atoms with Crippen LogP contribution in [0.5, 0.6) is 0 Å². The number of aromatic nitrogens is 1. The van der Waals surface area contributed by atoms with Gasteiger partial charge in [0.25, 0.3) is 0 Å². The van der Waals surface area contributed by atoms with Crippen molar-refractivity contribution in [2.75, 3.05) is 0 Å². The number of rotatable bonds is 3. The molecule has 0 aromatic carbocycles. The molecule has 1 heterocycles. The lowest BCUT2D eigenvalue weighted by Gasteiger charge is -2.31. The van der Waals surface area contributed by atoms with Crippen LogP contribution in [0.4, 0.5) is 8.78 Å². The van der Waals surface area contributed by atoms with Gasteiger partial charge in [0.05, 0.1) is 5.88 Å². The van der Waals surface area contributed by atoms with Crippen molar-refractivity contribution in [1.29, 1.82) is 0 Å². The third kappa shape index (κ3) is 1.85. The third-order valence-electron chi connectivity index (χ3n) is 4.04. The molecule has 3 rings (SSSR count). The normalized spacial score (nSPS) is 32.7. The summed E-state index contributed by atoms with van der Waals surface area (Å²) in [5.41, 5.74) is -1.29. The Hall–Kier alpha value is -0.640. The molecule has 0 spiro atoms. The van der Waals surface area contributed by atoms with Crippen molar-refractivity contribution < 1.29 is 13.3 Å². The zero-order valence-corrected chi connectivity index (χ0v) is 10.8. The van der Waals surface area contributed by atoms with Gasteiger partial charge in [-0.25, -0.2) is 8.78 Å². The lowest BCUT2D eigenvalue weighted by Crippen LogP contribution is -2.36. The average Bonchev–Trinajstić information content (AvgIpc) is 3.12. The minimum absolute atomic E-state index is 0.117. The molecule has 0 saturated heterocycles. The summed E-state index contributed by atoms with van der Waals surface area (Å²) in [5.74, 6) is 1.13. The third-order valence-corrected chi connectivity index (χ3v) is 4.31. The summed E-state index contributed by atoms with van der Waals surface area (Å²) in [5, 5.41) is 3.82. The van der Waals surface area contributed by atoms with Crippen molar-refractivity contribution in [3.05, 3.63) is 17.0 Å². The molecule has 100 valence electrons. The number of hydrogen-bond acceptors (Lipinski definition) is 2. The Kier molecular flexibility index (Phi) is 3.08. The maximum Gasteiger partial charge on any atom is 0.187 e. The Labute approximate surface area is 110 Å². The Morgan fingerprint density at radius 3 is 2.72 bits per heavy atom. The van der Waals surface area contributed by atoms with Crippen molar-refractivity contribution in [3.63, 3.8) is 0 Å². The molecular formula is C13H16ClF2NO. The standard InChI is InChI=1S/C13H16ClF2NO/c14-7-9-11(8-4-5-8)18-17-12(9)13(16)6-2-1-3-10(13)15/h8,10H,1-7H2. The predicted molar refractivity (Wildman–Crippen MR) is 64.2 cm³/mol. The van der Waals surface area contributed by atoms with Gasteiger partial charge in [0.2, 0.25) is 0 Å². The van der Waals surface area contributed by atoms with Crippen molar-refractivity contribution >= 4 is 11.6 Å². The number of nitrogens with zero attached hydrogens (tertiary/aromatic N) is 1. The Bertz CT molecular complexity index is 446. The fraction of sp³-hybridized carbons (Fsp3) is 0.769. The second kappa shape index (κ2) is 4.48. The zero-order chi connectivity index (χ0) is 12.8. The monoisotopic (exact) mass is 275 g/mol. The SMILES string of the molecule is FC1CCCCC1(F)c1noc(C2CC2)c1CCl. The summed E-state index contributed by atoms with van der Waals surface area (Å²) in [6.45, 7) is 0. The van der Waals surface area contributed by atoms with Gasteiger partial charge in [0.1, 0.15) is 17.6 Å². The fourth-order valence-corrected chi connectivity index (χ4v) is 3.06. The Morgan fingerprint density at radius 2 is 2.11 bits per heavy atom. The van der Waals surface area contributed by atoms with Crippen LogP contribution in [0.1, 0.15) is 61.5 Å². The first-order chi connectivity index (χ1) is 8.66. The molecule has 0 amide bonds. The van der Waals surface area contributed by atoms with E-state index in [4.69, 9.17) is 16.1 Å². The lowest BCUT2D eigenvalue weighted by molar-refractivity contribution is 0.00218. The van der Waals surface area contributed by atoms with Gasteiger partial charge in [-0.2, -0.15) is 0 Å². The summed E-state index contributed by atoms with van der Waals surface area (Å²) < 4.78 is 34.1. The van der Waals surface area contributed by atoms with Crippen molar-refractivity contribution in [1.82, 2.24) is 5.16 Å². The first kappa shape index (κ1) is 12.4. The smallest absolute Gasteiger partial charge is 0.187 e. The highest BCUT2D eigenvalue weighted by Crippen LogP contribution is 2.48. The minimum atomic E-state index is -2.00. The van der Waals surface area contributed by atoms with E-state index in [-0.39, 0.29) is 24.4 Å².